The highest BCUT2D eigenvalue weighted by molar-refractivity contribution is 5.88. The fourth-order valence-electron chi connectivity index (χ4n) is 0.783. The SMILES string of the molecule is NC[C@@H](O)[C@H](O)C(=O)[C@@H](O)[C@@H](O)CO. The van der Waals surface area contributed by atoms with Crippen molar-refractivity contribution in [3.8, 4) is 0 Å². The smallest absolute Gasteiger partial charge is 0.195 e. The first kappa shape index (κ1) is 13.4. The molecule has 0 aromatic carbocycles. The third-order valence-corrected chi connectivity index (χ3v) is 1.74. The Labute approximate surface area is 80.4 Å². The van der Waals surface area contributed by atoms with Gasteiger partial charge in [0.05, 0.1) is 12.7 Å². The molecule has 4 atom stereocenters. The van der Waals surface area contributed by atoms with Gasteiger partial charge in [-0.1, -0.05) is 0 Å². The molecule has 7 N–H and O–H groups in total. The third kappa shape index (κ3) is 3.29. The summed E-state index contributed by atoms with van der Waals surface area (Å²) in [5.74, 6) is -1.18. The van der Waals surface area contributed by atoms with Crippen molar-refractivity contribution in [1.82, 2.24) is 0 Å². The highest BCUT2D eigenvalue weighted by Gasteiger charge is 2.32. The third-order valence-electron chi connectivity index (χ3n) is 1.74. The number of rotatable bonds is 6. The molecule has 7 nitrogen and oxygen atoms in total. The van der Waals surface area contributed by atoms with Crippen molar-refractivity contribution in [3.05, 3.63) is 0 Å². The molecular formula is C7H15NO6. The van der Waals surface area contributed by atoms with E-state index in [4.69, 9.17) is 31.3 Å². The molecule has 14 heavy (non-hydrogen) atoms. The zero-order valence-electron chi connectivity index (χ0n) is 7.45. The molecule has 0 aromatic rings. The summed E-state index contributed by atoms with van der Waals surface area (Å²) in [7, 11) is 0. The van der Waals surface area contributed by atoms with Crippen molar-refractivity contribution in [1.29, 1.82) is 0 Å². The van der Waals surface area contributed by atoms with E-state index in [1.807, 2.05) is 0 Å². The summed E-state index contributed by atoms with van der Waals surface area (Å²) in [6, 6.07) is 0. The van der Waals surface area contributed by atoms with Crippen LogP contribution in [0.3, 0.4) is 0 Å². The number of aliphatic hydroxyl groups is 5. The van der Waals surface area contributed by atoms with E-state index in [1.165, 1.54) is 0 Å². The van der Waals surface area contributed by atoms with Gasteiger partial charge in [-0.05, 0) is 0 Å². The number of ketones is 1. The minimum Gasteiger partial charge on any atom is -0.394 e. The van der Waals surface area contributed by atoms with Gasteiger partial charge in [-0.3, -0.25) is 4.79 Å². The summed E-state index contributed by atoms with van der Waals surface area (Å²) >= 11 is 0. The Kier molecular flexibility index (Phi) is 5.77. The first-order valence-electron chi connectivity index (χ1n) is 4.02. The van der Waals surface area contributed by atoms with Crippen LogP contribution in [0, 0.1) is 0 Å². The molecule has 0 rings (SSSR count). The van der Waals surface area contributed by atoms with Gasteiger partial charge >= 0.3 is 0 Å². The van der Waals surface area contributed by atoms with Gasteiger partial charge in [-0.25, -0.2) is 0 Å². The predicted octanol–water partition coefficient (Wildman–Crippen LogP) is -4.05. The van der Waals surface area contributed by atoms with Crippen LogP contribution in [-0.4, -0.2) is 68.9 Å². The Morgan fingerprint density at radius 1 is 1.07 bits per heavy atom. The van der Waals surface area contributed by atoms with Crippen LogP contribution in [0.1, 0.15) is 0 Å². The van der Waals surface area contributed by atoms with Crippen LogP contribution < -0.4 is 5.73 Å². The van der Waals surface area contributed by atoms with Crippen LogP contribution in [0.4, 0.5) is 0 Å². The molecule has 0 fully saturated rings. The van der Waals surface area contributed by atoms with E-state index < -0.39 is 36.8 Å². The number of carbonyl (C=O) groups excluding carboxylic acids is 1. The van der Waals surface area contributed by atoms with Gasteiger partial charge in [-0.2, -0.15) is 0 Å². The highest BCUT2D eigenvalue weighted by Crippen LogP contribution is 2.02. The lowest BCUT2D eigenvalue weighted by Crippen LogP contribution is -2.48. The van der Waals surface area contributed by atoms with Gasteiger partial charge in [0.25, 0.3) is 0 Å². The van der Waals surface area contributed by atoms with Crippen molar-refractivity contribution < 1.29 is 30.3 Å². The largest absolute Gasteiger partial charge is 0.394 e. The first-order valence-corrected chi connectivity index (χ1v) is 4.02. The average molecular weight is 209 g/mol. The summed E-state index contributed by atoms with van der Waals surface area (Å²) in [4.78, 5) is 11.1. The van der Waals surface area contributed by atoms with Crippen molar-refractivity contribution >= 4 is 5.78 Å². The number of aliphatic hydroxyl groups excluding tert-OH is 5. The maximum absolute atomic E-state index is 11.1. The van der Waals surface area contributed by atoms with Crippen LogP contribution >= 0.6 is 0 Å². The Morgan fingerprint density at radius 3 is 1.86 bits per heavy atom. The Bertz CT molecular complexity index is 169. The average Bonchev–Trinajstić information content (AvgIpc) is 2.23. The van der Waals surface area contributed by atoms with E-state index in [-0.39, 0.29) is 6.54 Å². The van der Waals surface area contributed by atoms with Gasteiger partial charge in [0.2, 0.25) is 0 Å². The molecule has 0 aliphatic rings. The van der Waals surface area contributed by atoms with E-state index in [9.17, 15) is 4.79 Å². The summed E-state index contributed by atoms with van der Waals surface area (Å²) in [6.07, 6.45) is -6.97. The Hall–Kier alpha value is -0.570. The van der Waals surface area contributed by atoms with Gasteiger partial charge in [0.15, 0.2) is 5.78 Å². The van der Waals surface area contributed by atoms with E-state index in [1.54, 1.807) is 0 Å². The fraction of sp³-hybridized carbons (Fsp3) is 0.857. The van der Waals surface area contributed by atoms with Gasteiger partial charge in [-0.15, -0.1) is 0 Å². The number of hydrogen-bond acceptors (Lipinski definition) is 7. The van der Waals surface area contributed by atoms with Gasteiger partial charge in [0, 0.05) is 6.54 Å². The normalized spacial score (nSPS) is 19.9. The van der Waals surface area contributed by atoms with Crippen molar-refractivity contribution in [3.63, 3.8) is 0 Å². The molecule has 0 aromatic heterocycles. The Balaban J connectivity index is 4.31. The van der Waals surface area contributed by atoms with Crippen LogP contribution in [0.15, 0.2) is 0 Å². The number of hydrogen-bond donors (Lipinski definition) is 6. The monoisotopic (exact) mass is 209 g/mol. The second-order valence-electron chi connectivity index (χ2n) is 2.85. The lowest BCUT2D eigenvalue weighted by molar-refractivity contribution is -0.148. The van der Waals surface area contributed by atoms with Crippen LogP contribution in [-0.2, 0) is 4.79 Å². The maximum Gasteiger partial charge on any atom is 0.195 e. The van der Waals surface area contributed by atoms with Gasteiger partial charge < -0.3 is 31.3 Å². The number of carbonyl (C=O) groups is 1. The first-order chi connectivity index (χ1) is 6.45. The second-order valence-corrected chi connectivity index (χ2v) is 2.85. The standard InChI is InChI=1S/C7H15NO6/c8-1-3(10)5(12)7(14)6(13)4(11)2-9/h3-6,9-13H,1-2,8H2/t3-,4+,5+,6+/m1/s1. The molecule has 0 aliphatic carbocycles. The van der Waals surface area contributed by atoms with Crippen LogP contribution in [0.25, 0.3) is 0 Å². The minimum absolute atomic E-state index is 0.352. The van der Waals surface area contributed by atoms with Crippen molar-refractivity contribution in [2.75, 3.05) is 13.2 Å². The summed E-state index contributed by atoms with van der Waals surface area (Å²) in [5.41, 5.74) is 4.96. The number of Topliss-reactive ketones (excluding diaryl/α,β-unsaturated/α-hetero) is 1. The molecule has 0 saturated heterocycles. The maximum atomic E-state index is 11.1. The zero-order valence-corrected chi connectivity index (χ0v) is 7.45. The zero-order chi connectivity index (χ0) is 11.3. The molecule has 0 amide bonds. The molecule has 0 aliphatic heterocycles. The molecule has 0 unspecified atom stereocenters. The molecule has 84 valence electrons. The van der Waals surface area contributed by atoms with Crippen molar-refractivity contribution in [2.24, 2.45) is 5.73 Å². The number of nitrogens with two attached hydrogens (primary N) is 1. The van der Waals surface area contributed by atoms with Crippen molar-refractivity contribution in [2.45, 2.75) is 24.4 Å². The van der Waals surface area contributed by atoms with Gasteiger partial charge in [0.1, 0.15) is 18.3 Å². The lowest BCUT2D eigenvalue weighted by Gasteiger charge is -2.20. The molecule has 0 radical (unpaired) electrons. The van der Waals surface area contributed by atoms with E-state index in [0.717, 1.165) is 0 Å². The molecule has 0 heterocycles. The molecular weight excluding hydrogens is 194 g/mol. The topological polar surface area (TPSA) is 144 Å². The van der Waals surface area contributed by atoms with E-state index in [0.29, 0.717) is 0 Å². The second kappa shape index (κ2) is 6.02. The van der Waals surface area contributed by atoms with E-state index in [2.05, 4.69) is 0 Å². The quantitative estimate of drug-likeness (QED) is 0.261. The predicted molar refractivity (Wildman–Crippen MR) is 45.2 cm³/mol. The molecule has 0 saturated carbocycles. The van der Waals surface area contributed by atoms with Crippen LogP contribution in [0.5, 0.6) is 0 Å². The lowest BCUT2D eigenvalue weighted by atomic mass is 10.0. The molecule has 0 bridgehead atoms. The Morgan fingerprint density at radius 2 is 1.50 bits per heavy atom. The van der Waals surface area contributed by atoms with E-state index >= 15 is 0 Å². The molecule has 7 heteroatoms. The summed E-state index contributed by atoms with van der Waals surface area (Å²) in [6.45, 7) is -1.17. The fourth-order valence-corrected chi connectivity index (χ4v) is 0.783. The van der Waals surface area contributed by atoms with Crippen LogP contribution in [0.2, 0.25) is 0 Å². The molecule has 0 spiro atoms. The minimum atomic E-state index is -1.93. The summed E-state index contributed by atoms with van der Waals surface area (Å²) < 4.78 is 0. The summed E-state index contributed by atoms with van der Waals surface area (Å²) in [5, 5.41) is 44.3. The highest BCUT2D eigenvalue weighted by atomic mass is 16.4.